The summed E-state index contributed by atoms with van der Waals surface area (Å²) < 4.78 is -0.0774. The molecule has 3 heterocycles. The lowest BCUT2D eigenvalue weighted by molar-refractivity contribution is -0.157. The zero-order valence-corrected chi connectivity index (χ0v) is 17.0. The molecule has 2 aliphatic heterocycles. The normalized spacial score (nSPS) is 26.1. The second-order valence-corrected chi connectivity index (χ2v) is 9.04. The fraction of sp³-hybridized carbons (Fsp3) is 0.429. The Morgan fingerprint density at radius 2 is 2.14 bits per heavy atom. The number of carbonyl (C=O) groups excluding carboxylic acids is 4. The standard InChI is InChI=1S/C14H12Cl2N4O6S2/c15-1-14(12(25)26)2-20-10(24)6(11(20)27-3-14)18-9(23)7(22)5-8(16)28-13(19-5)17-4-21/h4,6,11H,1-3H2,(H,18,23)(H,25,26)(H,17,19,21)/t6-,11-,14?/m1/s1. The monoisotopic (exact) mass is 466 g/mol. The maximum absolute atomic E-state index is 12.3. The Hall–Kier alpha value is -1.89. The van der Waals surface area contributed by atoms with Crippen LogP contribution in [0.1, 0.15) is 10.5 Å². The predicted octanol–water partition coefficient (Wildman–Crippen LogP) is 0.257. The minimum absolute atomic E-state index is 0.0518. The fourth-order valence-electron chi connectivity index (χ4n) is 2.76. The number of carbonyl (C=O) groups is 5. The van der Waals surface area contributed by atoms with Crippen LogP contribution < -0.4 is 10.6 Å². The number of anilines is 1. The Morgan fingerprint density at radius 3 is 2.75 bits per heavy atom. The van der Waals surface area contributed by atoms with Gasteiger partial charge in [0.2, 0.25) is 12.3 Å². The van der Waals surface area contributed by atoms with Crippen molar-refractivity contribution in [3.63, 3.8) is 0 Å². The molecule has 3 N–H and O–H groups in total. The molecule has 3 atom stereocenters. The van der Waals surface area contributed by atoms with Crippen molar-refractivity contribution in [2.45, 2.75) is 11.4 Å². The Kier molecular flexibility index (Phi) is 5.84. The molecule has 0 saturated carbocycles. The van der Waals surface area contributed by atoms with Crippen LogP contribution in [-0.4, -0.2) is 74.6 Å². The van der Waals surface area contributed by atoms with E-state index in [4.69, 9.17) is 23.2 Å². The number of alkyl halides is 1. The predicted molar refractivity (Wildman–Crippen MR) is 102 cm³/mol. The summed E-state index contributed by atoms with van der Waals surface area (Å²) in [6.45, 7) is -0.0682. The SMILES string of the molecule is O=CNc1nc(C(=O)C(=O)N[C@@H]2C(=O)N3CC(CCl)(C(=O)O)CS[C@H]23)c(Cl)s1. The first-order valence-corrected chi connectivity index (χ1v) is 10.4. The summed E-state index contributed by atoms with van der Waals surface area (Å²) in [5, 5.41) is 13.5. The fourth-order valence-corrected chi connectivity index (χ4v) is 5.71. The van der Waals surface area contributed by atoms with Gasteiger partial charge in [-0.1, -0.05) is 22.9 Å². The summed E-state index contributed by atoms with van der Waals surface area (Å²) in [7, 11) is 0. The number of aliphatic carboxylic acids is 1. The topological polar surface area (TPSA) is 146 Å². The number of Topliss-reactive ketones (excluding diaryl/α,β-unsaturated/α-hetero) is 1. The number of hydrogen-bond acceptors (Lipinski definition) is 8. The van der Waals surface area contributed by atoms with Gasteiger partial charge in [-0.25, -0.2) is 4.98 Å². The number of amides is 3. The molecule has 2 saturated heterocycles. The van der Waals surface area contributed by atoms with E-state index < -0.39 is 40.4 Å². The molecule has 0 bridgehead atoms. The minimum Gasteiger partial charge on any atom is -0.481 e. The minimum atomic E-state index is -1.25. The first-order chi connectivity index (χ1) is 13.2. The lowest BCUT2D eigenvalue weighted by Crippen LogP contribution is -2.74. The molecule has 1 aromatic rings. The summed E-state index contributed by atoms with van der Waals surface area (Å²) in [5.41, 5.74) is -1.58. The number of aromatic nitrogens is 1. The largest absolute Gasteiger partial charge is 0.481 e. The van der Waals surface area contributed by atoms with Crippen molar-refractivity contribution in [1.29, 1.82) is 0 Å². The van der Waals surface area contributed by atoms with E-state index in [1.54, 1.807) is 0 Å². The van der Waals surface area contributed by atoms with Crippen molar-refractivity contribution >= 4 is 81.4 Å². The molecule has 28 heavy (non-hydrogen) atoms. The number of carboxylic acid groups (broad SMARTS) is 1. The van der Waals surface area contributed by atoms with Crippen LogP contribution in [0.3, 0.4) is 0 Å². The highest BCUT2D eigenvalue weighted by Gasteiger charge is 2.57. The molecule has 2 aliphatic rings. The number of rotatable bonds is 7. The van der Waals surface area contributed by atoms with E-state index in [2.05, 4.69) is 15.6 Å². The Morgan fingerprint density at radius 1 is 1.43 bits per heavy atom. The summed E-state index contributed by atoms with van der Waals surface area (Å²) >= 11 is 13.7. The number of hydrogen-bond donors (Lipinski definition) is 3. The van der Waals surface area contributed by atoms with E-state index in [1.165, 1.54) is 16.7 Å². The third-order valence-corrected chi connectivity index (χ3v) is 7.61. The highest BCUT2D eigenvalue weighted by molar-refractivity contribution is 8.00. The van der Waals surface area contributed by atoms with E-state index >= 15 is 0 Å². The van der Waals surface area contributed by atoms with E-state index in [0.717, 1.165) is 11.3 Å². The van der Waals surface area contributed by atoms with Gasteiger partial charge in [0.15, 0.2) is 5.13 Å². The zero-order valence-electron chi connectivity index (χ0n) is 13.8. The van der Waals surface area contributed by atoms with Gasteiger partial charge in [0.05, 0.1) is 0 Å². The summed E-state index contributed by atoms with van der Waals surface area (Å²) in [5.74, 6) is -3.70. The van der Waals surface area contributed by atoms with Crippen LogP contribution in [0.4, 0.5) is 5.13 Å². The van der Waals surface area contributed by atoms with Crippen LogP contribution in [-0.2, 0) is 19.2 Å². The van der Waals surface area contributed by atoms with Crippen LogP contribution in [0.25, 0.3) is 0 Å². The van der Waals surface area contributed by atoms with Crippen LogP contribution in [0, 0.1) is 5.41 Å². The third-order valence-electron chi connectivity index (χ3n) is 4.33. The molecule has 3 amide bonds. The van der Waals surface area contributed by atoms with Crippen molar-refractivity contribution in [3.05, 3.63) is 10.0 Å². The number of nitrogens with zero attached hydrogens (tertiary/aromatic N) is 2. The van der Waals surface area contributed by atoms with E-state index in [0.29, 0.717) is 6.41 Å². The number of thioether (sulfide) groups is 1. The second kappa shape index (κ2) is 7.85. The van der Waals surface area contributed by atoms with Crippen LogP contribution >= 0.6 is 46.3 Å². The molecular weight excluding hydrogens is 455 g/mol. The molecule has 0 aromatic carbocycles. The number of nitrogens with one attached hydrogen (secondary N) is 2. The number of thiazole rings is 1. The quantitative estimate of drug-likeness (QED) is 0.170. The van der Waals surface area contributed by atoms with E-state index in [1.807, 2.05) is 0 Å². The average Bonchev–Trinajstić information content (AvgIpc) is 3.04. The van der Waals surface area contributed by atoms with Gasteiger partial charge in [-0.15, -0.1) is 23.4 Å². The summed E-state index contributed by atoms with van der Waals surface area (Å²) in [6.07, 6.45) is 0.351. The molecule has 150 valence electrons. The summed E-state index contributed by atoms with van der Waals surface area (Å²) in [4.78, 5) is 63.8. The molecular formula is C14H12Cl2N4O6S2. The first kappa shape index (κ1) is 20.8. The Balaban J connectivity index is 1.66. The van der Waals surface area contributed by atoms with Gasteiger partial charge >= 0.3 is 5.97 Å². The molecule has 2 fully saturated rings. The average molecular weight is 467 g/mol. The van der Waals surface area contributed by atoms with Crippen LogP contribution in [0.2, 0.25) is 4.34 Å². The lowest BCUT2D eigenvalue weighted by Gasteiger charge is -2.53. The molecule has 1 unspecified atom stereocenters. The van der Waals surface area contributed by atoms with Crippen molar-refractivity contribution in [2.24, 2.45) is 5.41 Å². The van der Waals surface area contributed by atoms with E-state index in [9.17, 15) is 29.1 Å². The molecule has 1 aromatic heterocycles. The van der Waals surface area contributed by atoms with E-state index in [-0.39, 0.29) is 33.3 Å². The molecule has 10 nitrogen and oxygen atoms in total. The van der Waals surface area contributed by atoms with Gasteiger partial charge in [-0.2, -0.15) is 0 Å². The van der Waals surface area contributed by atoms with Crippen molar-refractivity contribution in [2.75, 3.05) is 23.5 Å². The van der Waals surface area contributed by atoms with Crippen LogP contribution in [0.15, 0.2) is 0 Å². The highest BCUT2D eigenvalue weighted by Crippen LogP contribution is 2.42. The smallest absolute Gasteiger partial charge is 0.313 e. The van der Waals surface area contributed by atoms with Gasteiger partial charge in [-0.3, -0.25) is 24.0 Å². The number of fused-ring (bicyclic) bond motifs is 1. The molecule has 0 radical (unpaired) electrons. The number of β-lactam (4-membered cyclic amide) rings is 1. The van der Waals surface area contributed by atoms with Gasteiger partial charge < -0.3 is 20.6 Å². The second-order valence-electron chi connectivity index (χ2n) is 6.07. The number of ketones is 1. The molecule has 0 spiro atoms. The zero-order chi connectivity index (χ0) is 20.6. The van der Waals surface area contributed by atoms with Crippen molar-refractivity contribution < 1.29 is 29.1 Å². The lowest BCUT2D eigenvalue weighted by atomic mass is 9.89. The molecule has 3 rings (SSSR count). The molecule has 14 heteroatoms. The van der Waals surface area contributed by atoms with Crippen molar-refractivity contribution in [1.82, 2.24) is 15.2 Å². The maximum Gasteiger partial charge on any atom is 0.313 e. The van der Waals surface area contributed by atoms with Gasteiger partial charge in [0.1, 0.15) is 26.9 Å². The van der Waals surface area contributed by atoms with Gasteiger partial charge in [-0.05, 0) is 0 Å². The molecule has 0 aliphatic carbocycles. The Labute approximate surface area is 175 Å². The summed E-state index contributed by atoms with van der Waals surface area (Å²) in [6, 6.07) is -0.964. The number of halogens is 2. The van der Waals surface area contributed by atoms with Gasteiger partial charge in [0.25, 0.3) is 11.7 Å². The highest BCUT2D eigenvalue weighted by atomic mass is 35.5. The maximum atomic E-state index is 12.3. The first-order valence-electron chi connectivity index (χ1n) is 7.67. The van der Waals surface area contributed by atoms with Gasteiger partial charge in [0, 0.05) is 18.2 Å². The Bertz CT molecular complexity index is 880. The van der Waals surface area contributed by atoms with Crippen molar-refractivity contribution in [3.8, 4) is 0 Å². The third kappa shape index (κ3) is 3.45. The van der Waals surface area contributed by atoms with Crippen LogP contribution in [0.5, 0.6) is 0 Å². The number of carboxylic acids is 1.